The van der Waals surface area contributed by atoms with Gasteiger partial charge < -0.3 is 19.4 Å². The maximum absolute atomic E-state index is 12.3. The predicted molar refractivity (Wildman–Crippen MR) is 132 cm³/mol. The Morgan fingerprint density at radius 3 is 2.54 bits per heavy atom. The largest absolute Gasteiger partial charge is 0.493 e. The Hall–Kier alpha value is -3.92. The molecule has 184 valence electrons. The van der Waals surface area contributed by atoms with Crippen LogP contribution in [-0.4, -0.2) is 60.1 Å². The van der Waals surface area contributed by atoms with Crippen LogP contribution in [0.5, 0.6) is 17.4 Å². The molecule has 1 saturated heterocycles. The summed E-state index contributed by atoms with van der Waals surface area (Å²) in [7, 11) is 3.11. The fourth-order valence-electron chi connectivity index (χ4n) is 4.07. The Morgan fingerprint density at radius 1 is 1.06 bits per heavy atom. The minimum atomic E-state index is -0.621. The summed E-state index contributed by atoms with van der Waals surface area (Å²) in [6.07, 6.45) is 2.30. The molecule has 0 saturated carbocycles. The molecule has 10 nitrogen and oxygen atoms in total. The Bertz CT molecular complexity index is 1260. The number of aromatic nitrogens is 1. The molecule has 0 radical (unpaired) electrons. The van der Waals surface area contributed by atoms with Gasteiger partial charge in [0, 0.05) is 10.9 Å². The standard InChI is InChI=1S/C25H29N5O5/c1-17(18-10-11-21(33-2)22(14-18)34-3)28-35-15-23(31)26-27-24-19-8-4-5-9-20(19)30(25(24)32)16-29-12-6-7-13-29/h4-5,8-11,14,32H,6-7,12-13,15-16H2,1-3H3. The molecule has 0 atom stereocenters. The minimum Gasteiger partial charge on any atom is -0.493 e. The molecule has 10 heteroatoms. The van der Waals surface area contributed by atoms with Crippen molar-refractivity contribution in [2.75, 3.05) is 33.9 Å². The topological polar surface area (TPSA) is 110 Å². The number of hydrogen-bond donors (Lipinski definition) is 1. The quantitative estimate of drug-likeness (QED) is 0.275. The highest BCUT2D eigenvalue weighted by atomic mass is 16.6. The van der Waals surface area contributed by atoms with Crippen molar-refractivity contribution < 1.29 is 24.2 Å². The van der Waals surface area contributed by atoms with Gasteiger partial charge in [-0.2, -0.15) is 0 Å². The van der Waals surface area contributed by atoms with E-state index >= 15 is 0 Å². The molecule has 0 spiro atoms. The lowest BCUT2D eigenvalue weighted by atomic mass is 10.1. The molecule has 0 unspecified atom stereocenters. The Kier molecular flexibility index (Phi) is 7.61. The third-order valence-corrected chi connectivity index (χ3v) is 5.91. The van der Waals surface area contributed by atoms with Crippen LogP contribution in [0.4, 0.5) is 5.69 Å². The van der Waals surface area contributed by atoms with Crippen molar-refractivity contribution in [1.82, 2.24) is 9.47 Å². The van der Waals surface area contributed by atoms with Crippen molar-refractivity contribution in [2.24, 2.45) is 15.4 Å². The van der Waals surface area contributed by atoms with Gasteiger partial charge in [-0.25, -0.2) is 0 Å². The highest BCUT2D eigenvalue weighted by molar-refractivity contribution is 5.99. The lowest BCUT2D eigenvalue weighted by molar-refractivity contribution is -0.122. The van der Waals surface area contributed by atoms with E-state index in [1.165, 1.54) is 0 Å². The lowest BCUT2D eigenvalue weighted by Gasteiger charge is -2.17. The van der Waals surface area contributed by atoms with Gasteiger partial charge >= 0.3 is 5.91 Å². The monoisotopic (exact) mass is 479 g/mol. The van der Waals surface area contributed by atoms with Gasteiger partial charge in [0.1, 0.15) is 0 Å². The molecule has 1 fully saturated rings. The molecule has 1 aliphatic rings. The normalized spacial score (nSPS) is 14.7. The van der Waals surface area contributed by atoms with Crippen molar-refractivity contribution in [1.29, 1.82) is 0 Å². The van der Waals surface area contributed by atoms with Crippen molar-refractivity contribution in [3.63, 3.8) is 0 Å². The number of oxime groups is 1. The summed E-state index contributed by atoms with van der Waals surface area (Å²) in [6, 6.07) is 12.9. The van der Waals surface area contributed by atoms with Crippen LogP contribution in [0.15, 0.2) is 57.8 Å². The Balaban J connectivity index is 1.43. The number of likely N-dealkylation sites (tertiary alicyclic amines) is 1. The van der Waals surface area contributed by atoms with E-state index in [9.17, 15) is 9.90 Å². The highest BCUT2D eigenvalue weighted by Crippen LogP contribution is 2.39. The number of para-hydroxylation sites is 1. The molecule has 1 aliphatic heterocycles. The third kappa shape index (κ3) is 5.43. The maximum atomic E-state index is 12.3. The van der Waals surface area contributed by atoms with E-state index in [2.05, 4.69) is 20.3 Å². The fourth-order valence-corrected chi connectivity index (χ4v) is 4.07. The van der Waals surface area contributed by atoms with Crippen molar-refractivity contribution in [3.8, 4) is 17.4 Å². The van der Waals surface area contributed by atoms with Gasteiger partial charge in [-0.05, 0) is 57.1 Å². The average Bonchev–Trinajstić information content (AvgIpc) is 3.49. The van der Waals surface area contributed by atoms with Crippen LogP contribution in [0.1, 0.15) is 25.3 Å². The number of rotatable bonds is 9. The number of nitrogens with zero attached hydrogens (tertiary/aromatic N) is 5. The minimum absolute atomic E-state index is 0.0158. The first kappa shape index (κ1) is 24.2. The number of hydrogen-bond acceptors (Lipinski definition) is 8. The van der Waals surface area contributed by atoms with E-state index in [4.69, 9.17) is 14.3 Å². The van der Waals surface area contributed by atoms with Gasteiger partial charge in [0.25, 0.3) is 0 Å². The molecule has 1 N–H and O–H groups in total. The second kappa shape index (κ2) is 11.0. The van der Waals surface area contributed by atoms with Crippen LogP contribution < -0.4 is 9.47 Å². The van der Waals surface area contributed by atoms with Crippen molar-refractivity contribution >= 4 is 28.2 Å². The van der Waals surface area contributed by atoms with Gasteiger partial charge in [-0.1, -0.05) is 23.4 Å². The molecule has 1 aromatic heterocycles. The zero-order valence-electron chi connectivity index (χ0n) is 20.1. The number of carbonyl (C=O) groups is 1. The van der Waals surface area contributed by atoms with Gasteiger partial charge in [-0.15, -0.1) is 10.2 Å². The van der Waals surface area contributed by atoms with Gasteiger partial charge in [-0.3, -0.25) is 14.3 Å². The summed E-state index contributed by atoms with van der Waals surface area (Å²) in [6.45, 7) is 3.90. The van der Waals surface area contributed by atoms with E-state index in [1.807, 2.05) is 30.3 Å². The molecule has 0 bridgehead atoms. The number of ether oxygens (including phenoxy) is 2. The van der Waals surface area contributed by atoms with Crippen molar-refractivity contribution in [3.05, 3.63) is 48.0 Å². The predicted octanol–water partition coefficient (Wildman–Crippen LogP) is 4.47. The molecule has 35 heavy (non-hydrogen) atoms. The average molecular weight is 480 g/mol. The number of fused-ring (bicyclic) bond motifs is 1. The smallest absolute Gasteiger partial charge is 0.304 e. The van der Waals surface area contributed by atoms with Crippen LogP contribution in [0.2, 0.25) is 0 Å². The van der Waals surface area contributed by atoms with Crippen LogP contribution in [-0.2, 0) is 16.3 Å². The SMILES string of the molecule is COc1ccc(C(C)=NOCC(=O)N=Nc2c(O)n(CN3CCCC3)c3ccccc23)cc1OC. The van der Waals surface area contributed by atoms with Crippen LogP contribution >= 0.6 is 0 Å². The van der Waals surface area contributed by atoms with Gasteiger partial charge in [0.15, 0.2) is 23.8 Å². The fraction of sp³-hybridized carbons (Fsp3) is 0.360. The number of azo groups is 1. The first-order chi connectivity index (χ1) is 17.0. The molecular formula is C25H29N5O5. The second-order valence-electron chi connectivity index (χ2n) is 8.20. The summed E-state index contributed by atoms with van der Waals surface area (Å²) in [4.78, 5) is 19.7. The lowest BCUT2D eigenvalue weighted by Crippen LogP contribution is -2.22. The zero-order valence-corrected chi connectivity index (χ0v) is 20.1. The summed E-state index contributed by atoms with van der Waals surface area (Å²) in [5, 5.41) is 23.3. The van der Waals surface area contributed by atoms with E-state index in [0.717, 1.165) is 42.4 Å². The molecule has 3 aromatic rings. The highest BCUT2D eigenvalue weighted by Gasteiger charge is 2.20. The molecule has 1 amide bonds. The maximum Gasteiger partial charge on any atom is 0.304 e. The summed E-state index contributed by atoms with van der Waals surface area (Å²) in [5.74, 6) is 0.529. The number of aromatic hydroxyl groups is 1. The summed E-state index contributed by atoms with van der Waals surface area (Å²) >= 11 is 0. The van der Waals surface area contributed by atoms with Crippen LogP contribution in [0.25, 0.3) is 10.9 Å². The first-order valence-electron chi connectivity index (χ1n) is 11.4. The van der Waals surface area contributed by atoms with E-state index < -0.39 is 5.91 Å². The van der Waals surface area contributed by atoms with Crippen molar-refractivity contribution in [2.45, 2.75) is 26.4 Å². The van der Waals surface area contributed by atoms with Crippen LogP contribution in [0.3, 0.4) is 0 Å². The van der Waals surface area contributed by atoms with E-state index in [1.54, 1.807) is 37.8 Å². The second-order valence-corrected chi connectivity index (χ2v) is 8.20. The number of carbonyl (C=O) groups excluding carboxylic acids is 1. The zero-order chi connectivity index (χ0) is 24.8. The molecule has 4 rings (SSSR count). The van der Waals surface area contributed by atoms with Gasteiger partial charge in [0.2, 0.25) is 5.88 Å². The van der Waals surface area contributed by atoms with E-state index in [-0.39, 0.29) is 18.2 Å². The molecule has 2 heterocycles. The van der Waals surface area contributed by atoms with Gasteiger partial charge in [0.05, 0.1) is 32.1 Å². The molecule has 0 aliphatic carbocycles. The van der Waals surface area contributed by atoms with E-state index in [0.29, 0.717) is 23.9 Å². The van der Waals surface area contributed by atoms with Crippen LogP contribution in [0, 0.1) is 0 Å². The molecular weight excluding hydrogens is 450 g/mol. The third-order valence-electron chi connectivity index (χ3n) is 5.91. The number of amides is 1. The Morgan fingerprint density at radius 2 is 1.80 bits per heavy atom. The number of methoxy groups -OCH3 is 2. The summed E-state index contributed by atoms with van der Waals surface area (Å²) < 4.78 is 12.3. The first-order valence-corrected chi connectivity index (χ1v) is 11.4. The number of benzene rings is 2. The summed E-state index contributed by atoms with van der Waals surface area (Å²) in [5.41, 5.74) is 2.41. The Labute approximate surface area is 203 Å². The molecule has 2 aromatic carbocycles.